The number of aromatic nitrogens is 2. The maximum atomic E-state index is 13.4. The lowest BCUT2D eigenvalue weighted by Crippen LogP contribution is -2.57. The maximum Gasteiger partial charge on any atom is 0.551 e. The molecule has 1 saturated heterocycles. The Bertz CT molecular complexity index is 951. The lowest BCUT2D eigenvalue weighted by molar-refractivity contribution is -0.133. The number of nitrogens with one attached hydrogen (secondary N) is 2. The average Bonchev–Trinajstić information content (AvgIpc) is 2.81. The molecule has 180 valence electrons. The fourth-order valence-electron chi connectivity index (χ4n) is 3.51. The molecule has 0 spiro atoms. The van der Waals surface area contributed by atoms with Crippen molar-refractivity contribution < 1.29 is 23.7 Å². The van der Waals surface area contributed by atoms with Gasteiger partial charge in [0.25, 0.3) is 11.9 Å². The summed E-state index contributed by atoms with van der Waals surface area (Å²) in [5.41, 5.74) is 0.995. The van der Waals surface area contributed by atoms with Crippen molar-refractivity contribution in [3.05, 3.63) is 60.2 Å². The fraction of sp³-hybridized carbons (Fsp3) is 0.435. The molecule has 34 heavy (non-hydrogen) atoms. The Morgan fingerprint density at radius 2 is 1.97 bits per heavy atom. The molecule has 0 bridgehead atoms. The monoisotopic (exact) mass is 484 g/mol. The maximum absolute atomic E-state index is 13.4. The molecule has 2 heterocycles. The van der Waals surface area contributed by atoms with Crippen LogP contribution in [-0.2, 0) is 25.3 Å². The molecule has 3 rings (SSSR count). The highest BCUT2D eigenvalue weighted by molar-refractivity contribution is 7.99. The van der Waals surface area contributed by atoms with E-state index in [0.717, 1.165) is 5.56 Å². The molecule has 0 aliphatic carbocycles. The zero-order chi connectivity index (χ0) is 24.3. The second-order valence-corrected chi connectivity index (χ2v) is 9.44. The quantitative estimate of drug-likeness (QED) is 0.516. The number of hydrogen-bond acceptors (Lipinski definition) is 8. The van der Waals surface area contributed by atoms with E-state index in [-0.39, 0.29) is 29.8 Å². The van der Waals surface area contributed by atoms with E-state index < -0.39 is 30.9 Å². The smallest absolute Gasteiger partial charge is 0.508 e. The first-order chi connectivity index (χ1) is 16.4. The molecule has 2 atom stereocenters. The molecular formula is C23H29BN4O5S. The van der Waals surface area contributed by atoms with Crippen molar-refractivity contribution in [1.29, 1.82) is 0 Å². The number of nitrogens with zero attached hydrogens (tertiary/aromatic N) is 2. The summed E-state index contributed by atoms with van der Waals surface area (Å²) >= 11 is 1.44. The molecule has 1 fully saturated rings. The highest BCUT2D eigenvalue weighted by Crippen LogP contribution is 2.15. The van der Waals surface area contributed by atoms with Crippen LogP contribution in [0.3, 0.4) is 0 Å². The predicted molar refractivity (Wildman–Crippen MR) is 130 cm³/mol. The van der Waals surface area contributed by atoms with E-state index in [9.17, 15) is 14.4 Å². The van der Waals surface area contributed by atoms with Gasteiger partial charge in [-0.05, 0) is 17.9 Å². The van der Waals surface area contributed by atoms with Crippen LogP contribution in [0, 0.1) is 5.92 Å². The molecular weight excluding hydrogens is 455 g/mol. The van der Waals surface area contributed by atoms with Gasteiger partial charge in [-0.1, -0.05) is 44.2 Å². The van der Waals surface area contributed by atoms with Crippen LogP contribution in [0.1, 0.15) is 36.3 Å². The van der Waals surface area contributed by atoms with Crippen LogP contribution in [0.2, 0.25) is 0 Å². The van der Waals surface area contributed by atoms with Gasteiger partial charge in [0.05, 0.1) is 17.9 Å². The van der Waals surface area contributed by atoms with Crippen LogP contribution in [0.25, 0.3) is 0 Å². The molecule has 1 aliphatic rings. The largest absolute Gasteiger partial charge is 0.551 e. The number of hydrogen-bond donors (Lipinski definition) is 2. The average molecular weight is 484 g/mol. The van der Waals surface area contributed by atoms with Crippen molar-refractivity contribution >= 4 is 36.7 Å². The van der Waals surface area contributed by atoms with Gasteiger partial charge in [-0.3, -0.25) is 19.4 Å². The molecule has 1 aromatic heterocycles. The topological polar surface area (TPSA) is 120 Å². The summed E-state index contributed by atoms with van der Waals surface area (Å²) in [5.74, 6) is -0.737. The Labute approximate surface area is 203 Å². The van der Waals surface area contributed by atoms with Gasteiger partial charge in [0.2, 0.25) is 5.91 Å². The van der Waals surface area contributed by atoms with Crippen molar-refractivity contribution in [2.24, 2.45) is 5.92 Å². The lowest BCUT2D eigenvalue weighted by Gasteiger charge is -2.28. The second kappa shape index (κ2) is 13.1. The fourth-order valence-corrected chi connectivity index (χ4v) is 4.10. The second-order valence-electron chi connectivity index (χ2n) is 8.33. The van der Waals surface area contributed by atoms with Crippen molar-refractivity contribution in [1.82, 2.24) is 20.6 Å². The summed E-state index contributed by atoms with van der Waals surface area (Å²) in [5, 5.41) is 5.73. The summed E-state index contributed by atoms with van der Waals surface area (Å²) in [6.45, 7) is 4.43. The first kappa shape index (κ1) is 25.7. The summed E-state index contributed by atoms with van der Waals surface area (Å²) < 4.78 is 11.3. The van der Waals surface area contributed by atoms with Crippen molar-refractivity contribution in [2.45, 2.75) is 38.7 Å². The summed E-state index contributed by atoms with van der Waals surface area (Å²) in [7, 11) is -0.896. The minimum Gasteiger partial charge on any atom is -0.508 e. The Hall–Kier alpha value is -2.92. The van der Waals surface area contributed by atoms with Crippen LogP contribution in [0.4, 0.5) is 0 Å². The molecule has 2 aromatic rings. The Balaban J connectivity index is 1.78. The molecule has 0 radical (unpaired) electrons. The molecule has 9 nitrogen and oxygen atoms in total. The van der Waals surface area contributed by atoms with Gasteiger partial charge in [0.1, 0.15) is 11.7 Å². The van der Waals surface area contributed by atoms with Gasteiger partial charge < -0.3 is 19.9 Å². The number of carbonyl (C=O) groups is 3. The van der Waals surface area contributed by atoms with Crippen molar-refractivity contribution in [3.8, 4) is 0 Å². The van der Waals surface area contributed by atoms with E-state index in [0.29, 0.717) is 18.8 Å². The first-order valence-corrected chi connectivity index (χ1v) is 12.4. The highest BCUT2D eigenvalue weighted by atomic mass is 32.2. The number of amides is 2. The molecule has 0 unspecified atom stereocenters. The van der Waals surface area contributed by atoms with E-state index in [1.54, 1.807) is 0 Å². The van der Waals surface area contributed by atoms with Gasteiger partial charge in [-0.25, -0.2) is 4.98 Å². The number of thioether (sulfide) groups is 1. The SMILES string of the molecule is CC(C)C[C@H](NC(=O)[C@H](Cc1ccccc1)NC(=O)c1cnccn1)B1OCCSCC(=O)O1. The van der Waals surface area contributed by atoms with E-state index in [1.807, 2.05) is 44.2 Å². The van der Waals surface area contributed by atoms with Crippen LogP contribution in [0.5, 0.6) is 0 Å². The zero-order valence-electron chi connectivity index (χ0n) is 19.3. The standard InChI is InChI=1S/C23H29BN4O5S/c1-16(2)12-20(24-32-10-11-34-15-21(29)33-24)28-22(30)18(13-17-6-4-3-5-7-17)27-23(31)19-14-25-8-9-26-19/h3-9,14,16,18,20H,10-13,15H2,1-2H3,(H,27,31)(H,28,30)/t18-,20-/m0/s1. The molecule has 1 aliphatic heterocycles. The summed E-state index contributed by atoms with van der Waals surface area (Å²) in [4.78, 5) is 46.2. The molecule has 2 amide bonds. The van der Waals surface area contributed by atoms with Gasteiger partial charge >= 0.3 is 7.12 Å². The summed E-state index contributed by atoms with van der Waals surface area (Å²) in [6, 6.07) is 8.52. The number of carbonyl (C=O) groups excluding carboxylic acids is 3. The zero-order valence-corrected chi connectivity index (χ0v) is 20.1. The molecule has 11 heteroatoms. The third-order valence-electron chi connectivity index (χ3n) is 5.06. The van der Waals surface area contributed by atoms with Crippen LogP contribution in [0.15, 0.2) is 48.9 Å². The normalized spacial score (nSPS) is 16.1. The minimum atomic E-state index is -0.896. The highest BCUT2D eigenvalue weighted by Gasteiger charge is 2.38. The van der Waals surface area contributed by atoms with Gasteiger partial charge in [0, 0.05) is 31.2 Å². The molecule has 2 N–H and O–H groups in total. The third kappa shape index (κ3) is 8.14. The molecule has 1 aromatic carbocycles. The van der Waals surface area contributed by atoms with Crippen LogP contribution >= 0.6 is 11.8 Å². The Morgan fingerprint density at radius 3 is 2.68 bits per heavy atom. The van der Waals surface area contributed by atoms with E-state index in [2.05, 4.69) is 20.6 Å². The van der Waals surface area contributed by atoms with E-state index in [1.165, 1.54) is 30.4 Å². The lowest BCUT2D eigenvalue weighted by atomic mass is 9.73. The van der Waals surface area contributed by atoms with E-state index in [4.69, 9.17) is 9.31 Å². The third-order valence-corrected chi connectivity index (χ3v) is 5.95. The van der Waals surface area contributed by atoms with E-state index >= 15 is 0 Å². The number of benzene rings is 1. The van der Waals surface area contributed by atoms with Gasteiger partial charge in [-0.2, -0.15) is 0 Å². The van der Waals surface area contributed by atoms with Crippen molar-refractivity contribution in [2.75, 3.05) is 18.1 Å². The van der Waals surface area contributed by atoms with Crippen LogP contribution < -0.4 is 10.6 Å². The Kier molecular flexibility index (Phi) is 9.90. The van der Waals surface area contributed by atoms with Crippen LogP contribution in [-0.4, -0.2) is 65.0 Å². The molecule has 0 saturated carbocycles. The summed E-state index contributed by atoms with van der Waals surface area (Å²) in [6.07, 6.45) is 5.03. The first-order valence-electron chi connectivity index (χ1n) is 11.2. The Morgan fingerprint density at radius 1 is 1.18 bits per heavy atom. The minimum absolute atomic E-state index is 0.113. The van der Waals surface area contributed by atoms with Gasteiger partial charge in [0.15, 0.2) is 0 Å². The predicted octanol–water partition coefficient (Wildman–Crippen LogP) is 1.68. The van der Waals surface area contributed by atoms with Crippen molar-refractivity contribution in [3.63, 3.8) is 0 Å². The number of rotatable bonds is 9. The van der Waals surface area contributed by atoms with Gasteiger partial charge in [-0.15, -0.1) is 11.8 Å².